The standard InChI is InChI=1S/C17H13BrF3N3O2S/c1-8-9(2)27-15-14(8)16(26)24(7-22-15)6-13(25)23-10-3-4-12(18)11(5-10)17(19,20)21/h3-5,7H,6H2,1-2H3,(H,23,25). The Kier molecular flexibility index (Phi) is 5.13. The van der Waals surface area contributed by atoms with Gasteiger partial charge in [-0.1, -0.05) is 15.9 Å². The first-order valence-corrected chi connectivity index (χ1v) is 9.30. The predicted molar refractivity (Wildman–Crippen MR) is 101 cm³/mol. The van der Waals surface area contributed by atoms with E-state index >= 15 is 0 Å². The van der Waals surface area contributed by atoms with Crippen molar-refractivity contribution in [2.75, 3.05) is 5.32 Å². The van der Waals surface area contributed by atoms with E-state index in [2.05, 4.69) is 26.2 Å². The largest absolute Gasteiger partial charge is 0.417 e. The van der Waals surface area contributed by atoms with Gasteiger partial charge in [-0.25, -0.2) is 4.98 Å². The molecule has 0 spiro atoms. The smallest absolute Gasteiger partial charge is 0.325 e. The second-order valence-corrected chi connectivity index (χ2v) is 7.94. The third-order valence-corrected chi connectivity index (χ3v) is 5.83. The zero-order chi connectivity index (χ0) is 19.9. The normalized spacial score (nSPS) is 11.8. The lowest BCUT2D eigenvalue weighted by Gasteiger charge is -2.12. The van der Waals surface area contributed by atoms with Gasteiger partial charge in [0.25, 0.3) is 5.56 Å². The van der Waals surface area contributed by atoms with Crippen LogP contribution >= 0.6 is 27.3 Å². The quantitative estimate of drug-likeness (QED) is 0.627. The van der Waals surface area contributed by atoms with E-state index in [1.807, 2.05) is 13.8 Å². The summed E-state index contributed by atoms with van der Waals surface area (Å²) in [7, 11) is 0. The zero-order valence-electron chi connectivity index (χ0n) is 14.1. The molecule has 0 fully saturated rings. The molecule has 0 atom stereocenters. The van der Waals surface area contributed by atoms with Crippen LogP contribution in [0.15, 0.2) is 33.8 Å². The molecular formula is C17H13BrF3N3O2S. The average Bonchev–Trinajstić information content (AvgIpc) is 2.86. The van der Waals surface area contributed by atoms with Crippen molar-refractivity contribution in [2.45, 2.75) is 26.6 Å². The molecule has 2 aromatic heterocycles. The molecule has 0 saturated carbocycles. The Balaban J connectivity index is 1.85. The zero-order valence-corrected chi connectivity index (χ0v) is 16.6. The van der Waals surface area contributed by atoms with Crippen molar-refractivity contribution in [3.8, 4) is 0 Å². The van der Waals surface area contributed by atoms with Crippen LogP contribution < -0.4 is 10.9 Å². The third kappa shape index (κ3) is 3.91. The first-order chi connectivity index (χ1) is 12.6. The molecule has 0 unspecified atom stereocenters. The Labute approximate surface area is 164 Å². The minimum Gasteiger partial charge on any atom is -0.325 e. The van der Waals surface area contributed by atoms with E-state index < -0.39 is 17.6 Å². The lowest BCUT2D eigenvalue weighted by Crippen LogP contribution is -2.28. The lowest BCUT2D eigenvalue weighted by atomic mass is 10.2. The van der Waals surface area contributed by atoms with Gasteiger partial charge >= 0.3 is 6.18 Å². The Bertz CT molecular complexity index is 1110. The number of benzene rings is 1. The van der Waals surface area contributed by atoms with Crippen molar-refractivity contribution in [2.24, 2.45) is 0 Å². The number of hydrogen-bond acceptors (Lipinski definition) is 4. The van der Waals surface area contributed by atoms with Crippen LogP contribution in [0.4, 0.5) is 18.9 Å². The van der Waals surface area contributed by atoms with E-state index in [4.69, 9.17) is 0 Å². The minimum atomic E-state index is -4.56. The van der Waals surface area contributed by atoms with Crippen molar-refractivity contribution < 1.29 is 18.0 Å². The van der Waals surface area contributed by atoms with Gasteiger partial charge in [0.2, 0.25) is 5.91 Å². The topological polar surface area (TPSA) is 64.0 Å². The van der Waals surface area contributed by atoms with Crippen LogP contribution in [0.25, 0.3) is 10.2 Å². The fourth-order valence-corrected chi connectivity index (χ4v) is 4.02. The summed E-state index contributed by atoms with van der Waals surface area (Å²) in [5.74, 6) is -0.627. The van der Waals surface area contributed by atoms with Gasteiger partial charge in [-0.05, 0) is 37.6 Å². The number of nitrogens with one attached hydrogen (secondary N) is 1. The van der Waals surface area contributed by atoms with Crippen LogP contribution in [-0.2, 0) is 17.5 Å². The number of alkyl halides is 3. The maximum absolute atomic E-state index is 13.0. The van der Waals surface area contributed by atoms with Crippen LogP contribution in [0.1, 0.15) is 16.0 Å². The second kappa shape index (κ2) is 7.08. The molecule has 2 heterocycles. The predicted octanol–water partition coefficient (Wildman–Crippen LogP) is 4.49. The van der Waals surface area contributed by atoms with Crippen molar-refractivity contribution in [1.29, 1.82) is 0 Å². The van der Waals surface area contributed by atoms with Gasteiger partial charge in [-0.15, -0.1) is 11.3 Å². The molecule has 1 amide bonds. The number of aryl methyl sites for hydroxylation is 2. The highest BCUT2D eigenvalue weighted by Gasteiger charge is 2.33. The molecule has 0 aliphatic carbocycles. The second-order valence-electron chi connectivity index (χ2n) is 5.88. The summed E-state index contributed by atoms with van der Waals surface area (Å²) in [5, 5.41) is 2.84. The summed E-state index contributed by atoms with van der Waals surface area (Å²) >= 11 is 4.23. The maximum Gasteiger partial charge on any atom is 0.417 e. The molecule has 0 bridgehead atoms. The molecule has 0 aliphatic heterocycles. The molecule has 5 nitrogen and oxygen atoms in total. The SMILES string of the molecule is Cc1sc2ncn(CC(=O)Nc3ccc(Br)c(C(F)(F)F)c3)c(=O)c2c1C. The molecule has 0 aliphatic rings. The molecule has 3 aromatic rings. The summed E-state index contributed by atoms with van der Waals surface area (Å²) in [6.07, 6.45) is -3.29. The van der Waals surface area contributed by atoms with Gasteiger partial charge < -0.3 is 5.32 Å². The summed E-state index contributed by atoms with van der Waals surface area (Å²) in [4.78, 5) is 30.5. The van der Waals surface area contributed by atoms with Crippen LogP contribution in [0, 0.1) is 13.8 Å². The number of nitrogens with zero attached hydrogens (tertiary/aromatic N) is 2. The average molecular weight is 460 g/mol. The van der Waals surface area contributed by atoms with E-state index in [0.717, 1.165) is 21.1 Å². The first kappa shape index (κ1) is 19.6. The Morgan fingerprint density at radius 2 is 2.04 bits per heavy atom. The number of thiophene rings is 1. The van der Waals surface area contributed by atoms with Crippen LogP contribution in [-0.4, -0.2) is 15.5 Å². The number of halogens is 4. The highest BCUT2D eigenvalue weighted by Crippen LogP contribution is 2.36. The highest BCUT2D eigenvalue weighted by atomic mass is 79.9. The summed E-state index contributed by atoms with van der Waals surface area (Å²) in [6.45, 7) is 3.33. The Morgan fingerprint density at radius 3 is 2.70 bits per heavy atom. The van der Waals surface area contributed by atoms with Crippen molar-refractivity contribution in [1.82, 2.24) is 9.55 Å². The molecule has 142 valence electrons. The molecule has 3 rings (SSSR count). The van der Waals surface area contributed by atoms with Gasteiger partial charge in [0.15, 0.2) is 0 Å². The number of hydrogen-bond donors (Lipinski definition) is 1. The molecule has 0 saturated heterocycles. The van der Waals surface area contributed by atoms with Gasteiger partial charge in [-0.2, -0.15) is 13.2 Å². The fraction of sp³-hybridized carbons (Fsp3) is 0.235. The van der Waals surface area contributed by atoms with E-state index in [1.165, 1.54) is 29.8 Å². The monoisotopic (exact) mass is 459 g/mol. The number of anilines is 1. The number of rotatable bonds is 3. The number of aromatic nitrogens is 2. The van der Waals surface area contributed by atoms with Gasteiger partial charge in [0.1, 0.15) is 11.4 Å². The molecule has 0 radical (unpaired) electrons. The highest BCUT2D eigenvalue weighted by molar-refractivity contribution is 9.10. The number of carbonyl (C=O) groups is 1. The minimum absolute atomic E-state index is 0.0137. The Morgan fingerprint density at radius 1 is 1.33 bits per heavy atom. The van der Waals surface area contributed by atoms with Crippen molar-refractivity contribution in [3.05, 3.63) is 55.4 Å². The van der Waals surface area contributed by atoms with Crippen LogP contribution in [0.5, 0.6) is 0 Å². The number of amides is 1. The van der Waals surface area contributed by atoms with Gasteiger partial charge in [0.05, 0.1) is 17.3 Å². The van der Waals surface area contributed by atoms with E-state index in [9.17, 15) is 22.8 Å². The first-order valence-electron chi connectivity index (χ1n) is 7.69. The van der Waals surface area contributed by atoms with Crippen molar-refractivity contribution in [3.63, 3.8) is 0 Å². The fourth-order valence-electron chi connectivity index (χ4n) is 2.56. The van der Waals surface area contributed by atoms with Crippen molar-refractivity contribution >= 4 is 49.1 Å². The molecule has 10 heteroatoms. The summed E-state index contributed by atoms with van der Waals surface area (Å²) < 4.78 is 39.9. The summed E-state index contributed by atoms with van der Waals surface area (Å²) in [5.41, 5.74) is -0.459. The number of carbonyl (C=O) groups excluding carboxylic acids is 1. The third-order valence-electron chi connectivity index (χ3n) is 4.03. The van der Waals surface area contributed by atoms with Crippen LogP contribution in [0.3, 0.4) is 0 Å². The van der Waals surface area contributed by atoms with Crippen LogP contribution in [0.2, 0.25) is 0 Å². The van der Waals surface area contributed by atoms with E-state index in [0.29, 0.717) is 10.2 Å². The van der Waals surface area contributed by atoms with Gasteiger partial charge in [-0.3, -0.25) is 14.2 Å². The number of fused-ring (bicyclic) bond motifs is 1. The van der Waals surface area contributed by atoms with E-state index in [-0.39, 0.29) is 22.3 Å². The maximum atomic E-state index is 13.0. The summed E-state index contributed by atoms with van der Waals surface area (Å²) in [6, 6.07) is 3.38. The van der Waals surface area contributed by atoms with E-state index in [1.54, 1.807) is 0 Å². The lowest BCUT2D eigenvalue weighted by molar-refractivity contribution is -0.138. The molecular weight excluding hydrogens is 447 g/mol. The Hall–Kier alpha value is -2.20. The van der Waals surface area contributed by atoms with Gasteiger partial charge in [0, 0.05) is 15.0 Å². The molecule has 1 N–H and O–H groups in total. The molecule has 1 aromatic carbocycles. The molecule has 27 heavy (non-hydrogen) atoms.